The van der Waals surface area contributed by atoms with Crippen molar-refractivity contribution in [3.63, 3.8) is 0 Å². The first kappa shape index (κ1) is 12.5. The van der Waals surface area contributed by atoms with Crippen LogP contribution in [0.25, 0.3) is 11.1 Å². The summed E-state index contributed by atoms with van der Waals surface area (Å²) in [5.74, 6) is 1.56. The molecule has 0 aliphatic rings. The van der Waals surface area contributed by atoms with E-state index >= 15 is 0 Å². The molecule has 2 aromatic heterocycles. The quantitative estimate of drug-likeness (QED) is 0.790. The van der Waals surface area contributed by atoms with E-state index in [2.05, 4.69) is 5.16 Å². The molecule has 4 nitrogen and oxygen atoms in total. The van der Waals surface area contributed by atoms with Crippen molar-refractivity contribution < 1.29 is 13.3 Å². The summed E-state index contributed by atoms with van der Waals surface area (Å²) in [7, 11) is 0. The fraction of sp³-hybridized carbons (Fsp3) is 0.133. The zero-order chi connectivity index (χ0) is 13.9. The minimum absolute atomic E-state index is 0.291. The van der Waals surface area contributed by atoms with Crippen LogP contribution >= 0.6 is 0 Å². The SMILES string of the molecule is Nc1noc(CCc2ccco2)c1-c1ccc(F)cc1. The molecule has 0 bridgehead atoms. The fourth-order valence-electron chi connectivity index (χ4n) is 2.13. The number of nitrogens with zero attached hydrogens (tertiary/aromatic N) is 1. The van der Waals surface area contributed by atoms with Crippen molar-refractivity contribution in [1.82, 2.24) is 5.16 Å². The number of benzene rings is 1. The molecule has 0 aliphatic carbocycles. The van der Waals surface area contributed by atoms with Crippen molar-refractivity contribution in [3.8, 4) is 11.1 Å². The topological polar surface area (TPSA) is 65.2 Å². The first-order valence-electron chi connectivity index (χ1n) is 6.26. The lowest BCUT2D eigenvalue weighted by Crippen LogP contribution is -1.93. The average Bonchev–Trinajstić information content (AvgIpc) is 3.07. The van der Waals surface area contributed by atoms with Crippen LogP contribution in [0.4, 0.5) is 10.2 Å². The van der Waals surface area contributed by atoms with Crippen LogP contribution in [0, 0.1) is 5.82 Å². The van der Waals surface area contributed by atoms with Gasteiger partial charge in [0.05, 0.1) is 11.8 Å². The minimum Gasteiger partial charge on any atom is -0.469 e. The molecule has 5 heteroatoms. The summed E-state index contributed by atoms with van der Waals surface area (Å²) in [5.41, 5.74) is 7.35. The molecule has 0 atom stereocenters. The molecule has 0 saturated carbocycles. The maximum absolute atomic E-state index is 13.0. The highest BCUT2D eigenvalue weighted by Gasteiger charge is 2.16. The standard InChI is InChI=1S/C15H13FN2O2/c16-11-5-3-10(4-6-11)14-13(20-18-15(14)17)8-7-12-2-1-9-19-12/h1-6,9H,7-8H2,(H2,17,18). The van der Waals surface area contributed by atoms with Gasteiger partial charge in [-0.25, -0.2) is 4.39 Å². The van der Waals surface area contributed by atoms with Gasteiger partial charge in [0.25, 0.3) is 0 Å². The molecule has 0 aliphatic heterocycles. The van der Waals surface area contributed by atoms with E-state index in [1.165, 1.54) is 12.1 Å². The van der Waals surface area contributed by atoms with Gasteiger partial charge in [-0.3, -0.25) is 0 Å². The van der Waals surface area contributed by atoms with Crippen LogP contribution in [0.3, 0.4) is 0 Å². The Morgan fingerprint density at radius 2 is 1.90 bits per heavy atom. The van der Waals surface area contributed by atoms with Gasteiger partial charge in [0.1, 0.15) is 17.3 Å². The van der Waals surface area contributed by atoms with Gasteiger partial charge in [0.15, 0.2) is 5.82 Å². The molecule has 0 fully saturated rings. The largest absolute Gasteiger partial charge is 0.469 e. The smallest absolute Gasteiger partial charge is 0.175 e. The third kappa shape index (κ3) is 2.42. The van der Waals surface area contributed by atoms with Crippen LogP contribution in [-0.2, 0) is 12.8 Å². The summed E-state index contributed by atoms with van der Waals surface area (Å²) in [6, 6.07) is 9.83. The van der Waals surface area contributed by atoms with Gasteiger partial charge in [-0.1, -0.05) is 17.3 Å². The molecule has 0 spiro atoms. The summed E-state index contributed by atoms with van der Waals surface area (Å²) in [5, 5.41) is 3.79. The van der Waals surface area contributed by atoms with Crippen molar-refractivity contribution in [2.75, 3.05) is 5.73 Å². The molecule has 2 N–H and O–H groups in total. The molecule has 102 valence electrons. The first-order chi connectivity index (χ1) is 9.74. The van der Waals surface area contributed by atoms with Crippen molar-refractivity contribution >= 4 is 5.82 Å². The normalized spacial score (nSPS) is 10.8. The predicted octanol–water partition coefficient (Wildman–Crippen LogP) is 3.44. The van der Waals surface area contributed by atoms with Gasteiger partial charge in [0, 0.05) is 12.8 Å². The lowest BCUT2D eigenvalue weighted by Gasteiger charge is -2.02. The molecule has 3 aromatic rings. The van der Waals surface area contributed by atoms with Crippen LogP contribution in [0.15, 0.2) is 51.6 Å². The van der Waals surface area contributed by atoms with Gasteiger partial charge < -0.3 is 14.7 Å². The summed E-state index contributed by atoms with van der Waals surface area (Å²) in [6.07, 6.45) is 2.94. The van der Waals surface area contributed by atoms with E-state index in [0.29, 0.717) is 24.4 Å². The second-order valence-electron chi connectivity index (χ2n) is 4.45. The van der Waals surface area contributed by atoms with E-state index in [4.69, 9.17) is 14.7 Å². The Hall–Kier alpha value is -2.56. The van der Waals surface area contributed by atoms with E-state index in [0.717, 1.165) is 16.9 Å². The van der Waals surface area contributed by atoms with Crippen LogP contribution in [0.5, 0.6) is 0 Å². The Kier molecular flexibility index (Phi) is 3.25. The van der Waals surface area contributed by atoms with E-state index in [1.807, 2.05) is 12.1 Å². The maximum Gasteiger partial charge on any atom is 0.175 e. The molecule has 3 rings (SSSR count). The van der Waals surface area contributed by atoms with Crippen molar-refractivity contribution in [2.24, 2.45) is 0 Å². The summed E-state index contributed by atoms with van der Waals surface area (Å²) >= 11 is 0. The molecular formula is C15H13FN2O2. The number of hydrogen-bond donors (Lipinski definition) is 1. The predicted molar refractivity (Wildman–Crippen MR) is 72.4 cm³/mol. The van der Waals surface area contributed by atoms with Crippen molar-refractivity contribution in [2.45, 2.75) is 12.8 Å². The average molecular weight is 272 g/mol. The van der Waals surface area contributed by atoms with Gasteiger partial charge in [-0.2, -0.15) is 0 Å². The third-order valence-corrected chi connectivity index (χ3v) is 3.10. The highest BCUT2D eigenvalue weighted by molar-refractivity contribution is 5.75. The molecule has 0 radical (unpaired) electrons. The van der Waals surface area contributed by atoms with Crippen LogP contribution in [0.1, 0.15) is 11.5 Å². The van der Waals surface area contributed by atoms with E-state index in [-0.39, 0.29) is 5.82 Å². The summed E-state index contributed by atoms with van der Waals surface area (Å²) in [4.78, 5) is 0. The summed E-state index contributed by atoms with van der Waals surface area (Å²) in [6.45, 7) is 0. The molecule has 0 amide bonds. The zero-order valence-corrected chi connectivity index (χ0v) is 10.7. The maximum atomic E-state index is 13.0. The zero-order valence-electron chi connectivity index (χ0n) is 10.7. The van der Waals surface area contributed by atoms with Gasteiger partial charge in [-0.05, 0) is 29.8 Å². The van der Waals surface area contributed by atoms with Crippen LogP contribution < -0.4 is 5.73 Å². The Morgan fingerprint density at radius 3 is 2.60 bits per heavy atom. The number of anilines is 1. The molecule has 1 aromatic carbocycles. The second kappa shape index (κ2) is 5.21. The van der Waals surface area contributed by atoms with E-state index < -0.39 is 0 Å². The molecule has 20 heavy (non-hydrogen) atoms. The number of aryl methyl sites for hydroxylation is 2. The summed E-state index contributed by atoms with van der Waals surface area (Å²) < 4.78 is 23.5. The van der Waals surface area contributed by atoms with E-state index in [9.17, 15) is 4.39 Å². The number of aromatic nitrogens is 1. The van der Waals surface area contributed by atoms with Gasteiger partial charge in [0.2, 0.25) is 0 Å². The monoisotopic (exact) mass is 272 g/mol. The number of halogens is 1. The second-order valence-corrected chi connectivity index (χ2v) is 4.45. The highest BCUT2D eigenvalue weighted by Crippen LogP contribution is 2.30. The van der Waals surface area contributed by atoms with E-state index in [1.54, 1.807) is 18.4 Å². The van der Waals surface area contributed by atoms with Crippen molar-refractivity contribution in [3.05, 3.63) is 60.0 Å². The highest BCUT2D eigenvalue weighted by atomic mass is 19.1. The molecule has 0 unspecified atom stereocenters. The first-order valence-corrected chi connectivity index (χ1v) is 6.26. The number of nitrogens with two attached hydrogens (primary N) is 1. The number of rotatable bonds is 4. The number of hydrogen-bond acceptors (Lipinski definition) is 4. The Labute approximate surface area is 115 Å². The molecule has 0 saturated heterocycles. The van der Waals surface area contributed by atoms with Gasteiger partial charge >= 0.3 is 0 Å². The van der Waals surface area contributed by atoms with Gasteiger partial charge in [-0.15, -0.1) is 0 Å². The Balaban J connectivity index is 1.87. The lowest BCUT2D eigenvalue weighted by molar-refractivity contribution is 0.382. The number of furan rings is 1. The molecule has 2 heterocycles. The Bertz CT molecular complexity index is 687. The fourth-order valence-corrected chi connectivity index (χ4v) is 2.13. The van der Waals surface area contributed by atoms with Crippen molar-refractivity contribution in [1.29, 1.82) is 0 Å². The minimum atomic E-state index is -0.291. The van der Waals surface area contributed by atoms with Crippen LogP contribution in [0.2, 0.25) is 0 Å². The van der Waals surface area contributed by atoms with Crippen LogP contribution in [-0.4, -0.2) is 5.16 Å². The molecular weight excluding hydrogens is 259 g/mol. The number of nitrogen functional groups attached to an aromatic ring is 1. The Morgan fingerprint density at radius 1 is 1.10 bits per heavy atom. The third-order valence-electron chi connectivity index (χ3n) is 3.10. The lowest BCUT2D eigenvalue weighted by atomic mass is 10.0.